The molecule has 1 aliphatic heterocycles. The number of benzene rings is 2. The number of piperidine rings is 1. The summed E-state index contributed by atoms with van der Waals surface area (Å²) >= 11 is 6.28. The van der Waals surface area contributed by atoms with Gasteiger partial charge < -0.3 is 10.6 Å². The molecule has 0 radical (unpaired) electrons. The van der Waals surface area contributed by atoms with Gasteiger partial charge in [0.05, 0.1) is 12.2 Å². The average Bonchev–Trinajstić information content (AvgIpc) is 2.79. The SMILES string of the molecule is CN=C(NCc1nccc2ccccc12)NCC1CCCN(C)C1c1cccc(Cl)c1.I. The van der Waals surface area contributed by atoms with Crippen LogP contribution in [0.1, 0.15) is 30.1 Å². The van der Waals surface area contributed by atoms with Crippen LogP contribution < -0.4 is 10.6 Å². The highest BCUT2D eigenvalue weighted by Gasteiger charge is 2.30. The van der Waals surface area contributed by atoms with Gasteiger partial charge in [0, 0.05) is 36.2 Å². The second-order valence-corrected chi connectivity index (χ2v) is 8.60. The number of hydrogen-bond donors (Lipinski definition) is 2. The molecule has 2 atom stereocenters. The van der Waals surface area contributed by atoms with E-state index in [2.05, 4.69) is 69.0 Å². The molecule has 0 amide bonds. The van der Waals surface area contributed by atoms with Crippen molar-refractivity contribution in [2.24, 2.45) is 10.9 Å². The van der Waals surface area contributed by atoms with Crippen LogP contribution in [0.25, 0.3) is 10.8 Å². The second-order valence-electron chi connectivity index (χ2n) is 8.17. The molecule has 0 saturated carbocycles. The molecule has 0 aliphatic carbocycles. The fraction of sp³-hybridized carbons (Fsp3) is 0.360. The molecule has 4 rings (SSSR count). The second kappa shape index (κ2) is 11.8. The van der Waals surface area contributed by atoms with Gasteiger partial charge in [0.2, 0.25) is 0 Å². The largest absolute Gasteiger partial charge is 0.356 e. The van der Waals surface area contributed by atoms with E-state index in [4.69, 9.17) is 11.6 Å². The summed E-state index contributed by atoms with van der Waals surface area (Å²) in [7, 11) is 4.02. The number of likely N-dealkylation sites (tertiary alicyclic amines) is 1. The molecule has 1 fully saturated rings. The molecule has 32 heavy (non-hydrogen) atoms. The van der Waals surface area contributed by atoms with Crippen LogP contribution in [0, 0.1) is 5.92 Å². The van der Waals surface area contributed by atoms with Gasteiger partial charge in [-0.1, -0.05) is 48.0 Å². The predicted molar refractivity (Wildman–Crippen MR) is 145 cm³/mol. The smallest absolute Gasteiger partial charge is 0.191 e. The first kappa shape index (κ1) is 24.7. The minimum Gasteiger partial charge on any atom is -0.356 e. The Hall–Kier alpha value is -1.90. The van der Waals surface area contributed by atoms with Crippen molar-refractivity contribution in [1.29, 1.82) is 0 Å². The van der Waals surface area contributed by atoms with E-state index < -0.39 is 0 Å². The van der Waals surface area contributed by atoms with Gasteiger partial charge in [-0.2, -0.15) is 0 Å². The molecule has 0 bridgehead atoms. The molecule has 1 saturated heterocycles. The molecular weight excluding hydrogens is 533 g/mol. The summed E-state index contributed by atoms with van der Waals surface area (Å²) in [4.78, 5) is 11.4. The van der Waals surface area contributed by atoms with E-state index in [1.165, 1.54) is 29.2 Å². The maximum Gasteiger partial charge on any atom is 0.191 e. The van der Waals surface area contributed by atoms with E-state index in [0.29, 0.717) is 18.5 Å². The minimum absolute atomic E-state index is 0. The third-order valence-corrected chi connectivity index (χ3v) is 6.37. The lowest BCUT2D eigenvalue weighted by atomic mass is 9.85. The Balaban J connectivity index is 0.00000289. The van der Waals surface area contributed by atoms with Crippen molar-refractivity contribution in [1.82, 2.24) is 20.5 Å². The normalized spacial score (nSPS) is 19.4. The van der Waals surface area contributed by atoms with Crippen LogP contribution in [0.5, 0.6) is 0 Å². The van der Waals surface area contributed by atoms with Gasteiger partial charge in [-0.15, -0.1) is 24.0 Å². The molecule has 3 aromatic rings. The maximum atomic E-state index is 6.28. The molecule has 2 N–H and O–H groups in total. The number of nitrogens with zero attached hydrogens (tertiary/aromatic N) is 3. The van der Waals surface area contributed by atoms with Crippen LogP contribution in [0.3, 0.4) is 0 Å². The minimum atomic E-state index is 0. The maximum absolute atomic E-state index is 6.28. The Bertz CT molecular complexity index is 1050. The Kier molecular flexibility index (Phi) is 9.13. The Morgan fingerprint density at radius 1 is 1.16 bits per heavy atom. The molecule has 1 aromatic heterocycles. The van der Waals surface area contributed by atoms with E-state index in [-0.39, 0.29) is 24.0 Å². The molecule has 7 heteroatoms. The van der Waals surface area contributed by atoms with Crippen LogP contribution in [-0.2, 0) is 6.54 Å². The lowest BCUT2D eigenvalue weighted by Crippen LogP contribution is -2.45. The molecule has 170 valence electrons. The fourth-order valence-corrected chi connectivity index (χ4v) is 4.83. The van der Waals surface area contributed by atoms with Gasteiger partial charge in [-0.3, -0.25) is 14.9 Å². The zero-order valence-corrected chi connectivity index (χ0v) is 21.7. The standard InChI is InChI=1S/C25H30ClN5.HI/c1-27-25(30-17-23-22-11-4-3-7-18(22)12-13-28-23)29-16-20-9-6-14-31(2)24(20)19-8-5-10-21(26)15-19;/h3-5,7-8,10-13,15,20,24H,6,9,14,16-17H2,1-2H3,(H2,27,29,30);1H. The summed E-state index contributed by atoms with van der Waals surface area (Å²) in [6.45, 7) is 2.58. The van der Waals surface area contributed by atoms with Crippen molar-refractivity contribution in [3.63, 3.8) is 0 Å². The number of rotatable bonds is 5. The quantitative estimate of drug-likeness (QED) is 0.253. The third kappa shape index (κ3) is 5.91. The lowest BCUT2D eigenvalue weighted by Gasteiger charge is -2.40. The fourth-order valence-electron chi connectivity index (χ4n) is 4.63. The lowest BCUT2D eigenvalue weighted by molar-refractivity contribution is 0.122. The van der Waals surface area contributed by atoms with Crippen molar-refractivity contribution in [2.75, 3.05) is 27.2 Å². The van der Waals surface area contributed by atoms with E-state index in [0.717, 1.165) is 29.8 Å². The monoisotopic (exact) mass is 563 g/mol. The highest BCUT2D eigenvalue weighted by Crippen LogP contribution is 2.35. The van der Waals surface area contributed by atoms with Crippen molar-refractivity contribution >= 4 is 52.3 Å². The highest BCUT2D eigenvalue weighted by molar-refractivity contribution is 14.0. The van der Waals surface area contributed by atoms with Crippen LogP contribution in [0.2, 0.25) is 5.02 Å². The number of aromatic nitrogens is 1. The first-order chi connectivity index (χ1) is 15.2. The summed E-state index contributed by atoms with van der Waals surface area (Å²) in [5, 5.41) is 10.1. The Morgan fingerprint density at radius 3 is 2.81 bits per heavy atom. The summed E-state index contributed by atoms with van der Waals surface area (Å²) in [6, 6.07) is 19.0. The van der Waals surface area contributed by atoms with Crippen molar-refractivity contribution < 1.29 is 0 Å². The van der Waals surface area contributed by atoms with Gasteiger partial charge in [0.25, 0.3) is 0 Å². The van der Waals surface area contributed by atoms with Gasteiger partial charge in [0.15, 0.2) is 5.96 Å². The van der Waals surface area contributed by atoms with E-state index in [9.17, 15) is 0 Å². The molecule has 2 unspecified atom stereocenters. The van der Waals surface area contributed by atoms with Gasteiger partial charge in [0.1, 0.15) is 0 Å². The molecule has 2 heterocycles. The summed E-state index contributed by atoms with van der Waals surface area (Å²) in [5.74, 6) is 1.28. The number of nitrogens with one attached hydrogen (secondary N) is 2. The van der Waals surface area contributed by atoms with Gasteiger partial charge >= 0.3 is 0 Å². The number of fused-ring (bicyclic) bond motifs is 1. The number of halogens is 2. The van der Waals surface area contributed by atoms with Crippen LogP contribution >= 0.6 is 35.6 Å². The summed E-state index contributed by atoms with van der Waals surface area (Å²) < 4.78 is 0. The van der Waals surface area contributed by atoms with Crippen LogP contribution in [0.4, 0.5) is 0 Å². The zero-order chi connectivity index (χ0) is 21.6. The number of aliphatic imine (C=N–C) groups is 1. The van der Waals surface area contributed by atoms with Crippen molar-refractivity contribution in [2.45, 2.75) is 25.4 Å². The zero-order valence-electron chi connectivity index (χ0n) is 18.6. The number of pyridine rings is 1. The van der Waals surface area contributed by atoms with Crippen LogP contribution in [-0.4, -0.2) is 43.0 Å². The van der Waals surface area contributed by atoms with Crippen molar-refractivity contribution in [3.05, 3.63) is 77.1 Å². The Morgan fingerprint density at radius 2 is 2.00 bits per heavy atom. The van der Waals surface area contributed by atoms with E-state index in [1.54, 1.807) is 0 Å². The summed E-state index contributed by atoms with van der Waals surface area (Å²) in [6.07, 6.45) is 4.24. The predicted octanol–water partition coefficient (Wildman–Crippen LogP) is 5.25. The van der Waals surface area contributed by atoms with E-state index >= 15 is 0 Å². The van der Waals surface area contributed by atoms with Crippen molar-refractivity contribution in [3.8, 4) is 0 Å². The van der Waals surface area contributed by atoms with Crippen LogP contribution in [0.15, 0.2) is 65.8 Å². The molecule has 0 spiro atoms. The first-order valence-corrected chi connectivity index (χ1v) is 11.3. The number of guanidine groups is 1. The number of hydrogen-bond acceptors (Lipinski definition) is 3. The molecule has 1 aliphatic rings. The summed E-state index contributed by atoms with van der Waals surface area (Å²) in [5.41, 5.74) is 2.31. The van der Waals surface area contributed by atoms with Gasteiger partial charge in [-0.05, 0) is 61.5 Å². The van der Waals surface area contributed by atoms with E-state index in [1.807, 2.05) is 31.4 Å². The Labute approximate surface area is 212 Å². The molecular formula is C25H31ClIN5. The molecule has 2 aromatic carbocycles. The van der Waals surface area contributed by atoms with Gasteiger partial charge in [-0.25, -0.2) is 0 Å². The molecule has 5 nitrogen and oxygen atoms in total. The topological polar surface area (TPSA) is 52.6 Å². The first-order valence-electron chi connectivity index (χ1n) is 10.9. The third-order valence-electron chi connectivity index (χ3n) is 6.13. The highest BCUT2D eigenvalue weighted by atomic mass is 127. The average molecular weight is 564 g/mol.